The molecule has 0 aliphatic heterocycles. The molecule has 0 radical (unpaired) electrons. The van der Waals surface area contributed by atoms with Gasteiger partial charge in [-0.05, 0) is 47.3 Å². The van der Waals surface area contributed by atoms with Crippen LogP contribution in [0, 0.1) is 5.92 Å². The van der Waals surface area contributed by atoms with E-state index >= 15 is 0 Å². The van der Waals surface area contributed by atoms with Crippen LogP contribution >= 0.6 is 15.9 Å². The van der Waals surface area contributed by atoms with Gasteiger partial charge in [-0.1, -0.05) is 19.3 Å². The van der Waals surface area contributed by atoms with E-state index < -0.39 is 0 Å². The van der Waals surface area contributed by atoms with E-state index in [0.717, 1.165) is 16.2 Å². The Morgan fingerprint density at radius 2 is 2.33 bits per heavy atom. The molecule has 82 valence electrons. The third kappa shape index (κ3) is 3.20. The molecule has 1 aromatic heterocycles. The lowest BCUT2D eigenvalue weighted by Crippen LogP contribution is -2.23. The minimum atomic E-state index is 0.554. The second-order valence-electron chi connectivity index (χ2n) is 4.45. The highest BCUT2D eigenvalue weighted by Gasteiger charge is 2.19. The fourth-order valence-electron chi connectivity index (χ4n) is 2.03. The molecule has 1 aliphatic carbocycles. The second-order valence-corrected chi connectivity index (χ2v) is 5.26. The molecular formula is C12H17BrN2. The van der Waals surface area contributed by atoms with Gasteiger partial charge in [0.1, 0.15) is 4.60 Å². The number of pyridine rings is 1. The molecule has 0 aromatic carbocycles. The first-order valence-electron chi connectivity index (χ1n) is 5.62. The SMILES string of the molecule is CC(CC1CCC1)Nc1ccc(Br)nc1. The Morgan fingerprint density at radius 3 is 2.87 bits per heavy atom. The van der Waals surface area contributed by atoms with E-state index in [2.05, 4.69) is 39.2 Å². The molecule has 1 unspecified atom stereocenters. The standard InChI is InChI=1S/C12H17BrN2/c1-9(7-10-3-2-4-10)15-11-5-6-12(13)14-8-11/h5-6,8-10,15H,2-4,7H2,1H3. The Bertz CT molecular complexity index is 306. The van der Waals surface area contributed by atoms with Crippen molar-refractivity contribution in [3.8, 4) is 0 Å². The molecule has 15 heavy (non-hydrogen) atoms. The van der Waals surface area contributed by atoms with E-state index in [9.17, 15) is 0 Å². The van der Waals surface area contributed by atoms with Crippen molar-refractivity contribution in [1.82, 2.24) is 4.98 Å². The summed E-state index contributed by atoms with van der Waals surface area (Å²) in [5.41, 5.74) is 1.12. The second kappa shape index (κ2) is 4.97. The van der Waals surface area contributed by atoms with Crippen molar-refractivity contribution in [3.63, 3.8) is 0 Å². The van der Waals surface area contributed by atoms with Crippen molar-refractivity contribution in [2.24, 2.45) is 5.92 Å². The summed E-state index contributed by atoms with van der Waals surface area (Å²) in [4.78, 5) is 4.20. The summed E-state index contributed by atoms with van der Waals surface area (Å²) >= 11 is 3.33. The smallest absolute Gasteiger partial charge is 0.106 e. The van der Waals surface area contributed by atoms with Crippen LogP contribution in [-0.2, 0) is 0 Å². The van der Waals surface area contributed by atoms with Crippen molar-refractivity contribution in [2.45, 2.75) is 38.6 Å². The lowest BCUT2D eigenvalue weighted by Gasteiger charge is -2.28. The lowest BCUT2D eigenvalue weighted by atomic mass is 9.81. The minimum Gasteiger partial charge on any atom is -0.381 e. The summed E-state index contributed by atoms with van der Waals surface area (Å²) in [5.74, 6) is 0.955. The lowest BCUT2D eigenvalue weighted by molar-refractivity contribution is 0.286. The quantitative estimate of drug-likeness (QED) is 0.840. The number of anilines is 1. The van der Waals surface area contributed by atoms with Crippen molar-refractivity contribution in [2.75, 3.05) is 5.32 Å². The summed E-state index contributed by atoms with van der Waals surface area (Å²) in [6.45, 7) is 2.25. The number of halogens is 1. The zero-order valence-corrected chi connectivity index (χ0v) is 10.6. The first kappa shape index (κ1) is 10.9. The molecule has 0 saturated heterocycles. The number of nitrogens with one attached hydrogen (secondary N) is 1. The monoisotopic (exact) mass is 268 g/mol. The third-order valence-electron chi connectivity index (χ3n) is 3.05. The van der Waals surface area contributed by atoms with Crippen LogP contribution in [0.4, 0.5) is 5.69 Å². The van der Waals surface area contributed by atoms with Crippen LogP contribution in [0.5, 0.6) is 0 Å². The van der Waals surface area contributed by atoms with Crippen LogP contribution in [0.15, 0.2) is 22.9 Å². The van der Waals surface area contributed by atoms with Crippen LogP contribution in [0.3, 0.4) is 0 Å². The molecule has 2 rings (SSSR count). The normalized spacial score (nSPS) is 18.3. The fraction of sp³-hybridized carbons (Fsp3) is 0.583. The van der Waals surface area contributed by atoms with Gasteiger partial charge in [-0.3, -0.25) is 0 Å². The van der Waals surface area contributed by atoms with Gasteiger partial charge in [0, 0.05) is 6.04 Å². The molecule has 1 heterocycles. The van der Waals surface area contributed by atoms with E-state index in [-0.39, 0.29) is 0 Å². The maximum absolute atomic E-state index is 4.20. The first-order valence-corrected chi connectivity index (χ1v) is 6.41. The average Bonchev–Trinajstić information content (AvgIpc) is 2.16. The van der Waals surface area contributed by atoms with E-state index in [1.165, 1.54) is 25.7 Å². The van der Waals surface area contributed by atoms with Gasteiger partial charge in [-0.15, -0.1) is 0 Å². The molecule has 1 saturated carbocycles. The van der Waals surface area contributed by atoms with Crippen LogP contribution in [-0.4, -0.2) is 11.0 Å². The zero-order chi connectivity index (χ0) is 10.7. The van der Waals surface area contributed by atoms with E-state index in [0.29, 0.717) is 6.04 Å². The maximum atomic E-state index is 4.20. The van der Waals surface area contributed by atoms with E-state index in [4.69, 9.17) is 0 Å². The predicted molar refractivity (Wildman–Crippen MR) is 67.0 cm³/mol. The van der Waals surface area contributed by atoms with Gasteiger partial charge in [-0.2, -0.15) is 0 Å². The van der Waals surface area contributed by atoms with Crippen LogP contribution < -0.4 is 5.32 Å². The van der Waals surface area contributed by atoms with Gasteiger partial charge >= 0.3 is 0 Å². The van der Waals surface area contributed by atoms with Crippen molar-refractivity contribution in [3.05, 3.63) is 22.9 Å². The molecule has 3 heteroatoms. The summed E-state index contributed by atoms with van der Waals surface area (Å²) < 4.78 is 0.889. The minimum absolute atomic E-state index is 0.554. The summed E-state index contributed by atoms with van der Waals surface area (Å²) in [7, 11) is 0. The Kier molecular flexibility index (Phi) is 3.62. The summed E-state index contributed by atoms with van der Waals surface area (Å²) in [5, 5.41) is 3.48. The molecular weight excluding hydrogens is 252 g/mol. The highest BCUT2D eigenvalue weighted by molar-refractivity contribution is 9.10. The topological polar surface area (TPSA) is 24.9 Å². The average molecular weight is 269 g/mol. The molecule has 0 spiro atoms. The molecule has 0 bridgehead atoms. The Morgan fingerprint density at radius 1 is 1.53 bits per heavy atom. The Labute approximate surface area is 99.6 Å². The Hall–Kier alpha value is -0.570. The molecule has 1 N–H and O–H groups in total. The van der Waals surface area contributed by atoms with Gasteiger partial charge in [0.2, 0.25) is 0 Å². The maximum Gasteiger partial charge on any atom is 0.106 e. The molecule has 0 amide bonds. The van der Waals surface area contributed by atoms with E-state index in [1.54, 1.807) is 0 Å². The van der Waals surface area contributed by atoms with Gasteiger partial charge in [0.25, 0.3) is 0 Å². The largest absolute Gasteiger partial charge is 0.381 e. The first-order chi connectivity index (χ1) is 7.24. The van der Waals surface area contributed by atoms with Gasteiger partial charge < -0.3 is 5.32 Å². The molecule has 1 atom stereocenters. The van der Waals surface area contributed by atoms with Crippen LogP contribution in [0.2, 0.25) is 0 Å². The molecule has 1 fully saturated rings. The highest BCUT2D eigenvalue weighted by Crippen LogP contribution is 2.31. The number of hydrogen-bond acceptors (Lipinski definition) is 2. The number of hydrogen-bond donors (Lipinski definition) is 1. The number of rotatable bonds is 4. The molecule has 1 aromatic rings. The third-order valence-corrected chi connectivity index (χ3v) is 3.52. The van der Waals surface area contributed by atoms with Crippen molar-refractivity contribution >= 4 is 21.6 Å². The van der Waals surface area contributed by atoms with Crippen LogP contribution in [0.1, 0.15) is 32.6 Å². The zero-order valence-electron chi connectivity index (χ0n) is 9.04. The van der Waals surface area contributed by atoms with Crippen molar-refractivity contribution in [1.29, 1.82) is 0 Å². The number of aromatic nitrogens is 1. The highest BCUT2D eigenvalue weighted by atomic mass is 79.9. The fourth-order valence-corrected chi connectivity index (χ4v) is 2.27. The molecule has 2 nitrogen and oxygen atoms in total. The van der Waals surface area contributed by atoms with E-state index in [1.807, 2.05) is 12.3 Å². The summed E-state index contributed by atoms with van der Waals surface area (Å²) in [6, 6.07) is 4.59. The van der Waals surface area contributed by atoms with Crippen LogP contribution in [0.25, 0.3) is 0 Å². The predicted octanol–water partition coefficient (Wildman–Crippen LogP) is 3.83. The summed E-state index contributed by atoms with van der Waals surface area (Å²) in [6.07, 6.45) is 7.43. The van der Waals surface area contributed by atoms with Gasteiger partial charge in [-0.25, -0.2) is 4.98 Å². The van der Waals surface area contributed by atoms with Gasteiger partial charge in [0.15, 0.2) is 0 Å². The number of nitrogens with zero attached hydrogens (tertiary/aromatic N) is 1. The Balaban J connectivity index is 1.82. The van der Waals surface area contributed by atoms with Gasteiger partial charge in [0.05, 0.1) is 11.9 Å². The molecule has 1 aliphatic rings. The van der Waals surface area contributed by atoms with Crippen molar-refractivity contribution < 1.29 is 0 Å².